The molecule has 1 aliphatic heterocycles. The van der Waals surface area contributed by atoms with Gasteiger partial charge in [0.2, 0.25) is 0 Å². The molecule has 2 heterocycles. The number of aromatic nitrogens is 2. The zero-order chi connectivity index (χ0) is 11.5. The van der Waals surface area contributed by atoms with E-state index in [4.69, 9.17) is 9.84 Å². The van der Waals surface area contributed by atoms with Crippen LogP contribution in [-0.4, -0.2) is 34.7 Å². The predicted molar refractivity (Wildman–Crippen MR) is 61.6 cm³/mol. The molecule has 0 unspecified atom stereocenters. The maximum Gasteiger partial charge on any atom is 0.0629 e. The molecule has 1 aromatic rings. The molecular formula is C12H20N2O2. The van der Waals surface area contributed by atoms with Crippen LogP contribution in [0.1, 0.15) is 35.8 Å². The van der Waals surface area contributed by atoms with Crippen LogP contribution in [0.2, 0.25) is 0 Å². The first-order valence-corrected chi connectivity index (χ1v) is 5.97. The number of aliphatic hydroxyl groups excluding tert-OH is 1. The van der Waals surface area contributed by atoms with E-state index in [0.29, 0.717) is 12.5 Å². The second-order valence-corrected chi connectivity index (χ2v) is 4.41. The van der Waals surface area contributed by atoms with Gasteiger partial charge in [0.15, 0.2) is 0 Å². The van der Waals surface area contributed by atoms with Crippen molar-refractivity contribution in [2.24, 2.45) is 0 Å². The van der Waals surface area contributed by atoms with E-state index >= 15 is 0 Å². The topological polar surface area (TPSA) is 47.3 Å². The van der Waals surface area contributed by atoms with Crippen molar-refractivity contribution >= 4 is 0 Å². The second kappa shape index (κ2) is 4.97. The number of aryl methyl sites for hydroxylation is 1. The quantitative estimate of drug-likeness (QED) is 0.844. The minimum absolute atomic E-state index is 0.196. The van der Waals surface area contributed by atoms with Crippen molar-refractivity contribution in [1.29, 1.82) is 0 Å². The van der Waals surface area contributed by atoms with Gasteiger partial charge in [0, 0.05) is 25.5 Å². The van der Waals surface area contributed by atoms with Crippen LogP contribution in [0.25, 0.3) is 0 Å². The maximum absolute atomic E-state index is 9.03. The predicted octanol–water partition coefficient (Wildman–Crippen LogP) is 1.39. The van der Waals surface area contributed by atoms with Crippen LogP contribution >= 0.6 is 0 Å². The summed E-state index contributed by atoms with van der Waals surface area (Å²) in [5.74, 6) is 0. The zero-order valence-corrected chi connectivity index (χ0v) is 10.1. The zero-order valence-electron chi connectivity index (χ0n) is 10.1. The van der Waals surface area contributed by atoms with E-state index in [0.717, 1.165) is 31.7 Å². The number of hydrogen-bond acceptors (Lipinski definition) is 3. The minimum Gasteiger partial charge on any atom is -0.396 e. The molecule has 16 heavy (non-hydrogen) atoms. The highest BCUT2D eigenvalue weighted by molar-refractivity contribution is 5.25. The fourth-order valence-corrected chi connectivity index (χ4v) is 2.46. The number of hydrogen-bond donors (Lipinski definition) is 1. The third-order valence-corrected chi connectivity index (χ3v) is 3.37. The summed E-state index contributed by atoms with van der Waals surface area (Å²) in [6.45, 7) is 5.98. The molecule has 0 atom stereocenters. The molecule has 2 rings (SSSR count). The Hall–Kier alpha value is -0.870. The molecule has 1 fully saturated rings. The summed E-state index contributed by atoms with van der Waals surface area (Å²) >= 11 is 0. The smallest absolute Gasteiger partial charge is 0.0629 e. The molecule has 1 aliphatic rings. The third kappa shape index (κ3) is 2.13. The van der Waals surface area contributed by atoms with Crippen LogP contribution in [0.3, 0.4) is 0 Å². The Bertz CT molecular complexity index is 354. The molecule has 0 saturated carbocycles. The lowest BCUT2D eigenvalue weighted by Gasteiger charge is -2.23. The Labute approximate surface area is 96.2 Å². The number of aliphatic hydroxyl groups is 1. The number of rotatable bonds is 3. The highest BCUT2D eigenvalue weighted by Gasteiger charge is 2.20. The molecule has 0 bridgehead atoms. The third-order valence-electron chi connectivity index (χ3n) is 3.37. The van der Waals surface area contributed by atoms with Gasteiger partial charge in [-0.25, -0.2) is 0 Å². The highest BCUT2D eigenvalue weighted by atomic mass is 16.5. The van der Waals surface area contributed by atoms with Crippen LogP contribution in [0.5, 0.6) is 0 Å². The van der Waals surface area contributed by atoms with E-state index in [2.05, 4.69) is 16.7 Å². The lowest BCUT2D eigenvalue weighted by Crippen LogP contribution is -2.21. The Morgan fingerprint density at radius 2 is 2.06 bits per heavy atom. The largest absolute Gasteiger partial charge is 0.396 e. The first-order valence-electron chi connectivity index (χ1n) is 5.97. The van der Waals surface area contributed by atoms with E-state index in [1.54, 1.807) is 0 Å². The molecule has 1 aromatic heterocycles. The first-order chi connectivity index (χ1) is 7.74. The summed E-state index contributed by atoms with van der Waals surface area (Å²) in [6, 6.07) is 0.472. The molecule has 1 N–H and O–H groups in total. The molecule has 0 spiro atoms. The normalized spacial score (nSPS) is 17.9. The molecule has 0 aliphatic carbocycles. The summed E-state index contributed by atoms with van der Waals surface area (Å²) in [6.07, 6.45) is 2.79. The molecule has 90 valence electrons. The van der Waals surface area contributed by atoms with Crippen LogP contribution in [0.4, 0.5) is 0 Å². The lowest BCUT2D eigenvalue weighted by molar-refractivity contribution is 0.0655. The van der Waals surface area contributed by atoms with Crippen LogP contribution in [0, 0.1) is 13.8 Å². The molecule has 0 amide bonds. The minimum atomic E-state index is 0.196. The van der Waals surface area contributed by atoms with E-state index in [1.165, 1.54) is 11.3 Å². The van der Waals surface area contributed by atoms with Gasteiger partial charge in [-0.15, -0.1) is 0 Å². The van der Waals surface area contributed by atoms with Crippen molar-refractivity contribution in [2.75, 3.05) is 19.8 Å². The van der Waals surface area contributed by atoms with E-state index in [-0.39, 0.29) is 6.61 Å². The monoisotopic (exact) mass is 224 g/mol. The maximum atomic E-state index is 9.03. The second-order valence-electron chi connectivity index (χ2n) is 4.41. The van der Waals surface area contributed by atoms with Crippen LogP contribution < -0.4 is 0 Å². The molecule has 0 radical (unpaired) electrons. The van der Waals surface area contributed by atoms with Crippen LogP contribution in [0.15, 0.2) is 0 Å². The van der Waals surface area contributed by atoms with E-state index in [9.17, 15) is 0 Å². The van der Waals surface area contributed by atoms with Gasteiger partial charge < -0.3 is 9.84 Å². The van der Waals surface area contributed by atoms with Crippen molar-refractivity contribution in [3.8, 4) is 0 Å². The van der Waals surface area contributed by atoms with Gasteiger partial charge in [-0.05, 0) is 38.7 Å². The summed E-state index contributed by atoms with van der Waals surface area (Å²) in [7, 11) is 0. The van der Waals surface area contributed by atoms with Gasteiger partial charge in [0.25, 0.3) is 0 Å². The van der Waals surface area contributed by atoms with Crippen molar-refractivity contribution in [2.45, 2.75) is 39.2 Å². The molecular weight excluding hydrogens is 204 g/mol. The average Bonchev–Trinajstić information content (AvgIpc) is 2.59. The number of nitrogens with zero attached hydrogens (tertiary/aromatic N) is 2. The highest BCUT2D eigenvalue weighted by Crippen LogP contribution is 2.24. The van der Waals surface area contributed by atoms with Gasteiger partial charge in [-0.1, -0.05) is 0 Å². The van der Waals surface area contributed by atoms with Gasteiger partial charge in [-0.3, -0.25) is 4.68 Å². The molecule has 4 heteroatoms. The Balaban J connectivity index is 2.23. The van der Waals surface area contributed by atoms with Crippen LogP contribution in [-0.2, 0) is 11.2 Å². The fraction of sp³-hybridized carbons (Fsp3) is 0.750. The molecule has 4 nitrogen and oxygen atoms in total. The standard InChI is InChI=1S/C12H20N2O2/c1-9-12(3-6-15)10(2)14(13-9)11-4-7-16-8-5-11/h11,15H,3-8H2,1-2H3. The molecule has 1 saturated heterocycles. The Kier molecular flexibility index (Phi) is 3.61. The fourth-order valence-electron chi connectivity index (χ4n) is 2.46. The lowest BCUT2D eigenvalue weighted by atomic mass is 10.1. The van der Waals surface area contributed by atoms with Crippen molar-refractivity contribution in [3.05, 3.63) is 17.0 Å². The summed E-state index contributed by atoms with van der Waals surface area (Å²) in [4.78, 5) is 0. The first kappa shape index (κ1) is 11.6. The van der Waals surface area contributed by atoms with Crippen molar-refractivity contribution in [1.82, 2.24) is 9.78 Å². The van der Waals surface area contributed by atoms with Gasteiger partial charge >= 0.3 is 0 Å². The number of ether oxygens (including phenoxy) is 1. The van der Waals surface area contributed by atoms with Crippen molar-refractivity contribution in [3.63, 3.8) is 0 Å². The summed E-state index contributed by atoms with van der Waals surface area (Å²) in [5.41, 5.74) is 3.46. The van der Waals surface area contributed by atoms with E-state index in [1.807, 2.05) is 6.92 Å². The Morgan fingerprint density at radius 1 is 1.38 bits per heavy atom. The van der Waals surface area contributed by atoms with Gasteiger partial charge in [0.1, 0.15) is 0 Å². The molecule has 0 aromatic carbocycles. The summed E-state index contributed by atoms with van der Waals surface area (Å²) < 4.78 is 7.49. The average molecular weight is 224 g/mol. The van der Waals surface area contributed by atoms with Gasteiger partial charge in [-0.2, -0.15) is 5.10 Å². The van der Waals surface area contributed by atoms with Gasteiger partial charge in [0.05, 0.1) is 11.7 Å². The van der Waals surface area contributed by atoms with Crippen molar-refractivity contribution < 1.29 is 9.84 Å². The SMILES string of the molecule is Cc1nn(C2CCOCC2)c(C)c1CCO. The summed E-state index contributed by atoms with van der Waals surface area (Å²) in [5, 5.41) is 13.6. The Morgan fingerprint density at radius 3 is 2.69 bits per heavy atom. The van der Waals surface area contributed by atoms with E-state index < -0.39 is 0 Å².